The van der Waals surface area contributed by atoms with Gasteiger partial charge in [-0.05, 0) is 26.0 Å². The lowest BCUT2D eigenvalue weighted by Crippen LogP contribution is -2.05. The Morgan fingerprint density at radius 3 is 2.84 bits per heavy atom. The maximum atomic E-state index is 10.7. The molecule has 1 N–H and O–H groups in total. The number of hydrogen-bond acceptors (Lipinski definition) is 4. The third-order valence-corrected chi connectivity index (χ3v) is 3.65. The number of para-hydroxylation sites is 1. The zero-order valence-electron chi connectivity index (χ0n) is 11.1. The first-order valence-electron chi connectivity index (χ1n) is 5.94. The summed E-state index contributed by atoms with van der Waals surface area (Å²) in [5.74, 6) is -0.147. The van der Waals surface area contributed by atoms with Gasteiger partial charge in [-0.3, -0.25) is 4.79 Å². The molecule has 1 heterocycles. The minimum absolute atomic E-state index is 0.00163. The SMILES string of the molecule is COc1cccc2c1nc(SCC(=O)O)n2C(C)C. The summed E-state index contributed by atoms with van der Waals surface area (Å²) in [6.45, 7) is 4.09. The van der Waals surface area contributed by atoms with Crippen LogP contribution in [0.2, 0.25) is 0 Å². The lowest BCUT2D eigenvalue weighted by atomic mass is 10.2. The number of carboxylic acids is 1. The number of rotatable bonds is 5. The number of carbonyl (C=O) groups is 1. The first-order valence-corrected chi connectivity index (χ1v) is 6.92. The second-order valence-corrected chi connectivity index (χ2v) is 5.31. The summed E-state index contributed by atoms with van der Waals surface area (Å²) in [6.07, 6.45) is 0. The molecule has 0 spiro atoms. The third kappa shape index (κ3) is 2.68. The van der Waals surface area contributed by atoms with E-state index in [1.165, 1.54) is 11.8 Å². The van der Waals surface area contributed by atoms with Crippen LogP contribution in [0.3, 0.4) is 0 Å². The first-order chi connectivity index (χ1) is 9.04. The second kappa shape index (κ2) is 5.52. The fraction of sp³-hybridized carbons (Fsp3) is 0.385. The van der Waals surface area contributed by atoms with Gasteiger partial charge in [0.05, 0.1) is 18.4 Å². The van der Waals surface area contributed by atoms with Crippen molar-refractivity contribution < 1.29 is 14.6 Å². The van der Waals surface area contributed by atoms with E-state index < -0.39 is 5.97 Å². The van der Waals surface area contributed by atoms with Gasteiger partial charge in [-0.2, -0.15) is 0 Å². The van der Waals surface area contributed by atoms with Crippen molar-refractivity contribution in [2.75, 3.05) is 12.9 Å². The number of carboxylic acid groups (broad SMARTS) is 1. The zero-order valence-corrected chi connectivity index (χ0v) is 11.9. The van der Waals surface area contributed by atoms with Gasteiger partial charge in [-0.25, -0.2) is 4.98 Å². The Morgan fingerprint density at radius 1 is 1.53 bits per heavy atom. The molecule has 5 nitrogen and oxygen atoms in total. The van der Waals surface area contributed by atoms with Gasteiger partial charge in [0.15, 0.2) is 5.16 Å². The van der Waals surface area contributed by atoms with Crippen LogP contribution in [0.15, 0.2) is 23.4 Å². The molecular formula is C13H16N2O3S. The summed E-state index contributed by atoms with van der Waals surface area (Å²) in [5.41, 5.74) is 1.73. The number of aromatic nitrogens is 2. The Hall–Kier alpha value is -1.69. The van der Waals surface area contributed by atoms with Gasteiger partial charge < -0.3 is 14.4 Å². The van der Waals surface area contributed by atoms with Crippen LogP contribution in [-0.2, 0) is 4.79 Å². The van der Waals surface area contributed by atoms with E-state index in [1.807, 2.05) is 36.6 Å². The molecule has 102 valence electrons. The molecule has 19 heavy (non-hydrogen) atoms. The molecule has 0 atom stereocenters. The molecule has 0 saturated heterocycles. The minimum atomic E-state index is -0.848. The molecule has 1 aromatic heterocycles. The predicted octanol–water partition coefficient (Wildman–Crippen LogP) is 2.80. The smallest absolute Gasteiger partial charge is 0.313 e. The third-order valence-electron chi connectivity index (χ3n) is 2.71. The molecule has 0 fully saturated rings. The summed E-state index contributed by atoms with van der Waals surface area (Å²) in [5, 5.41) is 9.50. The molecule has 0 aliphatic carbocycles. The Kier molecular flexibility index (Phi) is 3.99. The van der Waals surface area contributed by atoms with E-state index in [-0.39, 0.29) is 11.8 Å². The molecule has 2 rings (SSSR count). The van der Waals surface area contributed by atoms with Crippen molar-refractivity contribution in [2.45, 2.75) is 25.0 Å². The van der Waals surface area contributed by atoms with E-state index in [2.05, 4.69) is 4.98 Å². The number of thioether (sulfide) groups is 1. The number of benzene rings is 1. The van der Waals surface area contributed by atoms with Crippen LogP contribution in [0.25, 0.3) is 11.0 Å². The van der Waals surface area contributed by atoms with Crippen LogP contribution in [0.4, 0.5) is 0 Å². The van der Waals surface area contributed by atoms with Gasteiger partial charge >= 0.3 is 5.97 Å². The predicted molar refractivity (Wildman–Crippen MR) is 75.0 cm³/mol. The Balaban J connectivity index is 2.56. The standard InChI is InChI=1S/C13H16N2O3S/c1-8(2)15-9-5-4-6-10(18-3)12(9)14-13(15)19-7-11(16)17/h4-6,8H,7H2,1-3H3,(H,16,17). The maximum Gasteiger partial charge on any atom is 0.313 e. The average Bonchev–Trinajstić information content (AvgIpc) is 2.74. The maximum absolute atomic E-state index is 10.7. The van der Waals surface area contributed by atoms with Gasteiger partial charge in [0, 0.05) is 6.04 Å². The summed E-state index contributed by atoms with van der Waals surface area (Å²) in [4.78, 5) is 15.2. The quantitative estimate of drug-likeness (QED) is 0.853. The molecule has 6 heteroatoms. The normalized spacial score (nSPS) is 11.2. The number of methoxy groups -OCH3 is 1. The Bertz CT molecular complexity index is 607. The highest BCUT2D eigenvalue weighted by molar-refractivity contribution is 7.99. The number of aliphatic carboxylic acids is 1. The van der Waals surface area contributed by atoms with Gasteiger partial charge in [0.25, 0.3) is 0 Å². The van der Waals surface area contributed by atoms with Crippen molar-refractivity contribution in [1.82, 2.24) is 9.55 Å². The van der Waals surface area contributed by atoms with Gasteiger partial charge in [-0.15, -0.1) is 0 Å². The number of fused-ring (bicyclic) bond motifs is 1. The summed E-state index contributed by atoms with van der Waals surface area (Å²) in [6, 6.07) is 5.93. The van der Waals surface area contributed by atoms with Gasteiger partial charge in [-0.1, -0.05) is 17.8 Å². The number of hydrogen-bond donors (Lipinski definition) is 1. The van der Waals surface area contributed by atoms with Crippen LogP contribution in [0.5, 0.6) is 5.75 Å². The van der Waals surface area contributed by atoms with Crippen LogP contribution in [0, 0.1) is 0 Å². The van der Waals surface area contributed by atoms with Crippen molar-refractivity contribution in [3.63, 3.8) is 0 Å². The summed E-state index contributed by atoms with van der Waals surface area (Å²) >= 11 is 1.23. The Morgan fingerprint density at radius 2 is 2.26 bits per heavy atom. The molecule has 0 aliphatic rings. The molecular weight excluding hydrogens is 264 g/mol. The highest BCUT2D eigenvalue weighted by atomic mass is 32.2. The van der Waals surface area contributed by atoms with Gasteiger partial charge in [0.1, 0.15) is 11.3 Å². The highest BCUT2D eigenvalue weighted by Gasteiger charge is 2.17. The number of imidazole rings is 1. The topological polar surface area (TPSA) is 64.3 Å². The molecule has 0 unspecified atom stereocenters. The van der Waals surface area contributed by atoms with E-state index >= 15 is 0 Å². The molecule has 0 amide bonds. The van der Waals surface area contributed by atoms with Gasteiger partial charge in [0.2, 0.25) is 0 Å². The molecule has 0 radical (unpaired) electrons. The lowest BCUT2D eigenvalue weighted by molar-refractivity contribution is -0.133. The molecule has 2 aromatic rings. The van der Waals surface area contributed by atoms with Crippen molar-refractivity contribution in [3.8, 4) is 5.75 Å². The molecule has 0 saturated carbocycles. The fourth-order valence-corrected chi connectivity index (χ4v) is 2.82. The fourth-order valence-electron chi connectivity index (χ4n) is 1.96. The van der Waals surface area contributed by atoms with Crippen molar-refractivity contribution in [2.24, 2.45) is 0 Å². The van der Waals surface area contributed by atoms with E-state index in [4.69, 9.17) is 9.84 Å². The Labute approximate surface area is 115 Å². The minimum Gasteiger partial charge on any atom is -0.494 e. The van der Waals surface area contributed by atoms with Crippen LogP contribution in [-0.4, -0.2) is 33.5 Å². The molecule has 0 bridgehead atoms. The van der Waals surface area contributed by atoms with E-state index in [0.717, 1.165) is 11.0 Å². The highest BCUT2D eigenvalue weighted by Crippen LogP contribution is 2.32. The van der Waals surface area contributed by atoms with E-state index in [1.54, 1.807) is 7.11 Å². The van der Waals surface area contributed by atoms with Crippen LogP contribution in [0.1, 0.15) is 19.9 Å². The van der Waals surface area contributed by atoms with E-state index in [0.29, 0.717) is 10.9 Å². The van der Waals surface area contributed by atoms with Crippen LogP contribution < -0.4 is 4.74 Å². The second-order valence-electron chi connectivity index (χ2n) is 4.37. The molecule has 0 aliphatic heterocycles. The van der Waals surface area contributed by atoms with E-state index in [9.17, 15) is 4.79 Å². The monoisotopic (exact) mass is 280 g/mol. The first kappa shape index (κ1) is 13.7. The summed E-state index contributed by atoms with van der Waals surface area (Å²) in [7, 11) is 1.60. The number of ether oxygens (including phenoxy) is 1. The summed E-state index contributed by atoms with van der Waals surface area (Å²) < 4.78 is 7.33. The zero-order chi connectivity index (χ0) is 14.0. The van der Waals surface area contributed by atoms with Crippen molar-refractivity contribution in [1.29, 1.82) is 0 Å². The average molecular weight is 280 g/mol. The molecule has 1 aromatic carbocycles. The van der Waals surface area contributed by atoms with Crippen molar-refractivity contribution >= 4 is 28.8 Å². The largest absolute Gasteiger partial charge is 0.494 e. The van der Waals surface area contributed by atoms with Crippen molar-refractivity contribution in [3.05, 3.63) is 18.2 Å². The lowest BCUT2D eigenvalue weighted by Gasteiger charge is -2.12. The van der Waals surface area contributed by atoms with Crippen LogP contribution >= 0.6 is 11.8 Å². The number of nitrogens with zero attached hydrogens (tertiary/aromatic N) is 2.